The number of amides is 3. The predicted molar refractivity (Wildman–Crippen MR) is 164 cm³/mol. The van der Waals surface area contributed by atoms with Gasteiger partial charge in [-0.2, -0.15) is 0 Å². The standard InChI is InChI=1S/C31H42N6O3S.ClH/c1-3-24(32)28(38)36-27-22(19-34-31(41)33-4-2)15-16-23-17-18-25(37(23)30(27)40)29(39)35-26(20-11-7-5-8-12-20)21-13-9-6-10-14-21;/h5-14,22-27H,3-4,15-19,32H2,1-2H3,(H,35,39)(H,36,38)(H2,33,34,41);1H/p-1/t22-,23+,24+,25+,27+;/m1./s1. The zero-order valence-corrected chi connectivity index (χ0v) is 25.8. The summed E-state index contributed by atoms with van der Waals surface area (Å²) in [5, 5.41) is 12.9. The van der Waals surface area contributed by atoms with Gasteiger partial charge in [-0.05, 0) is 62.4 Å². The number of carbonyl (C=O) groups is 3. The van der Waals surface area contributed by atoms with Crippen LogP contribution in [0.5, 0.6) is 0 Å². The highest BCUT2D eigenvalue weighted by atomic mass is 35.5. The lowest BCUT2D eigenvalue weighted by Gasteiger charge is -2.33. The van der Waals surface area contributed by atoms with Crippen LogP contribution in [-0.4, -0.2) is 65.0 Å². The van der Waals surface area contributed by atoms with Crippen LogP contribution in [-0.2, 0) is 14.4 Å². The molecule has 2 aliphatic heterocycles. The SMILES string of the molecule is CCNC(=S)NC[C@H]1CC[C@H]2CC[C@@H](C(=O)NC(c3ccccc3)c3ccccc3)N2C(=O)[C@H]1NC(=O)[C@@H](N)CC.[Cl-]. The number of thiocarbonyl (C=S) groups is 1. The molecule has 2 aromatic carbocycles. The maximum Gasteiger partial charge on any atom is 0.246 e. The van der Waals surface area contributed by atoms with Crippen molar-refractivity contribution in [3.8, 4) is 0 Å². The second kappa shape index (κ2) is 15.9. The molecule has 0 unspecified atom stereocenters. The molecule has 2 aromatic rings. The number of halogens is 1. The minimum absolute atomic E-state index is 0. The molecule has 3 amide bonds. The second-order valence-electron chi connectivity index (χ2n) is 10.8. The van der Waals surface area contributed by atoms with Crippen molar-refractivity contribution in [2.24, 2.45) is 11.7 Å². The Hall–Kier alpha value is -3.21. The Morgan fingerprint density at radius 2 is 1.55 bits per heavy atom. The van der Waals surface area contributed by atoms with Gasteiger partial charge in [0, 0.05) is 25.0 Å². The van der Waals surface area contributed by atoms with Gasteiger partial charge >= 0.3 is 0 Å². The molecule has 2 saturated heterocycles. The molecule has 6 N–H and O–H groups in total. The van der Waals surface area contributed by atoms with Gasteiger partial charge in [0.15, 0.2) is 5.11 Å². The van der Waals surface area contributed by atoms with Crippen LogP contribution in [0.1, 0.15) is 63.1 Å². The van der Waals surface area contributed by atoms with Crippen molar-refractivity contribution in [2.45, 2.75) is 76.2 Å². The minimum atomic E-state index is -0.811. The van der Waals surface area contributed by atoms with E-state index >= 15 is 0 Å². The fraction of sp³-hybridized carbons (Fsp3) is 0.484. The van der Waals surface area contributed by atoms with Crippen molar-refractivity contribution >= 4 is 35.1 Å². The number of nitrogens with one attached hydrogen (secondary N) is 4. The van der Waals surface area contributed by atoms with Gasteiger partial charge in [0.05, 0.1) is 12.1 Å². The van der Waals surface area contributed by atoms with Crippen molar-refractivity contribution < 1.29 is 26.8 Å². The van der Waals surface area contributed by atoms with E-state index in [1.807, 2.05) is 74.5 Å². The normalized spacial score (nSPS) is 22.3. The van der Waals surface area contributed by atoms with Crippen LogP contribution in [0.4, 0.5) is 0 Å². The van der Waals surface area contributed by atoms with Gasteiger partial charge < -0.3 is 44.3 Å². The Kier molecular flexibility index (Phi) is 12.6. The van der Waals surface area contributed by atoms with Crippen LogP contribution >= 0.6 is 12.2 Å². The van der Waals surface area contributed by atoms with Crippen LogP contribution in [0.15, 0.2) is 60.7 Å². The van der Waals surface area contributed by atoms with Crippen LogP contribution in [0, 0.1) is 5.92 Å². The van der Waals surface area contributed by atoms with E-state index in [1.165, 1.54) is 0 Å². The number of nitrogens with two attached hydrogens (primary N) is 1. The fourth-order valence-electron chi connectivity index (χ4n) is 5.87. The second-order valence-corrected chi connectivity index (χ2v) is 11.2. The molecule has 5 atom stereocenters. The first-order valence-electron chi connectivity index (χ1n) is 14.6. The number of hydrogen-bond acceptors (Lipinski definition) is 5. The first-order chi connectivity index (χ1) is 19.8. The summed E-state index contributed by atoms with van der Waals surface area (Å²) in [4.78, 5) is 42.8. The van der Waals surface area contributed by atoms with Crippen LogP contribution in [0.2, 0.25) is 0 Å². The lowest BCUT2D eigenvalue weighted by Crippen LogP contribution is -3.00. The largest absolute Gasteiger partial charge is 1.00 e. The third-order valence-electron chi connectivity index (χ3n) is 8.16. The molecule has 9 nitrogen and oxygen atoms in total. The summed E-state index contributed by atoms with van der Waals surface area (Å²) >= 11 is 5.35. The van der Waals surface area contributed by atoms with Gasteiger partial charge in [-0.3, -0.25) is 14.4 Å². The highest BCUT2D eigenvalue weighted by molar-refractivity contribution is 7.80. The fourth-order valence-corrected chi connectivity index (χ4v) is 6.10. The molecule has 0 spiro atoms. The van der Waals surface area contributed by atoms with Gasteiger partial charge in [0.1, 0.15) is 12.1 Å². The molecule has 0 saturated carbocycles. The molecule has 0 aromatic heterocycles. The Bertz CT molecular complexity index is 1160. The molecular formula is C31H42ClN6O3S-. The number of nitrogens with zero attached hydrogens (tertiary/aromatic N) is 1. The Labute approximate surface area is 260 Å². The van der Waals surface area contributed by atoms with E-state index in [0.29, 0.717) is 37.5 Å². The van der Waals surface area contributed by atoms with Crippen molar-refractivity contribution in [1.82, 2.24) is 26.2 Å². The monoisotopic (exact) mass is 613 g/mol. The van der Waals surface area contributed by atoms with E-state index in [2.05, 4.69) is 21.3 Å². The molecule has 0 radical (unpaired) electrons. The molecule has 0 bridgehead atoms. The first kappa shape index (κ1) is 33.3. The van der Waals surface area contributed by atoms with Crippen molar-refractivity contribution in [2.75, 3.05) is 13.1 Å². The summed E-state index contributed by atoms with van der Waals surface area (Å²) in [6, 6.07) is 17.1. The quantitative estimate of drug-likeness (QED) is 0.226. The third kappa shape index (κ3) is 7.99. The van der Waals surface area contributed by atoms with E-state index in [9.17, 15) is 14.4 Å². The van der Waals surface area contributed by atoms with Gasteiger partial charge in [-0.1, -0.05) is 67.6 Å². The molecule has 2 fully saturated rings. The first-order valence-corrected chi connectivity index (χ1v) is 15.0. The summed E-state index contributed by atoms with van der Waals surface area (Å²) < 4.78 is 0. The number of fused-ring (bicyclic) bond motifs is 1. The summed E-state index contributed by atoms with van der Waals surface area (Å²) in [6.07, 6.45) is 3.20. The van der Waals surface area contributed by atoms with E-state index in [0.717, 1.165) is 24.0 Å². The van der Waals surface area contributed by atoms with E-state index in [1.54, 1.807) is 4.90 Å². The maximum atomic E-state index is 14.2. The van der Waals surface area contributed by atoms with E-state index in [4.69, 9.17) is 18.0 Å². The number of hydrogen-bond donors (Lipinski definition) is 5. The highest BCUT2D eigenvalue weighted by Gasteiger charge is 2.48. The lowest BCUT2D eigenvalue weighted by molar-refractivity contribution is -0.143. The van der Waals surface area contributed by atoms with Crippen LogP contribution in [0.25, 0.3) is 0 Å². The van der Waals surface area contributed by atoms with E-state index < -0.39 is 18.1 Å². The topological polar surface area (TPSA) is 129 Å². The molecule has 2 aliphatic rings. The maximum absolute atomic E-state index is 14.2. The number of carbonyl (C=O) groups excluding carboxylic acids is 3. The molecular weight excluding hydrogens is 572 g/mol. The predicted octanol–water partition coefficient (Wildman–Crippen LogP) is -0.628. The molecule has 4 rings (SSSR count). The van der Waals surface area contributed by atoms with Gasteiger partial charge in [-0.25, -0.2) is 0 Å². The molecule has 228 valence electrons. The summed E-state index contributed by atoms with van der Waals surface area (Å²) in [5.74, 6) is -1.00. The zero-order valence-electron chi connectivity index (χ0n) is 24.2. The smallest absolute Gasteiger partial charge is 0.246 e. The zero-order chi connectivity index (χ0) is 29.4. The van der Waals surface area contributed by atoms with E-state index in [-0.39, 0.29) is 48.1 Å². The summed E-state index contributed by atoms with van der Waals surface area (Å²) in [5.41, 5.74) is 7.95. The molecule has 11 heteroatoms. The minimum Gasteiger partial charge on any atom is -1.00 e. The van der Waals surface area contributed by atoms with Crippen molar-refractivity contribution in [3.63, 3.8) is 0 Å². The molecule has 0 aliphatic carbocycles. The summed E-state index contributed by atoms with van der Waals surface area (Å²) in [6.45, 7) is 4.89. The Morgan fingerprint density at radius 3 is 2.12 bits per heavy atom. The summed E-state index contributed by atoms with van der Waals surface area (Å²) in [7, 11) is 0. The van der Waals surface area contributed by atoms with Crippen LogP contribution in [0.3, 0.4) is 0 Å². The van der Waals surface area contributed by atoms with Crippen molar-refractivity contribution in [3.05, 3.63) is 71.8 Å². The van der Waals surface area contributed by atoms with Gasteiger partial charge in [0.25, 0.3) is 0 Å². The molecule has 2 heterocycles. The number of rotatable bonds is 10. The average Bonchev–Trinajstić information content (AvgIpc) is 3.38. The average molecular weight is 614 g/mol. The lowest BCUT2D eigenvalue weighted by atomic mass is 9.92. The number of benzene rings is 2. The molecule has 42 heavy (non-hydrogen) atoms. The van der Waals surface area contributed by atoms with Gasteiger partial charge in [-0.15, -0.1) is 0 Å². The van der Waals surface area contributed by atoms with Gasteiger partial charge in [0.2, 0.25) is 17.7 Å². The Balaban J connectivity index is 0.00000484. The third-order valence-corrected chi connectivity index (χ3v) is 8.45. The Morgan fingerprint density at radius 1 is 0.952 bits per heavy atom. The van der Waals surface area contributed by atoms with Crippen molar-refractivity contribution in [1.29, 1.82) is 0 Å². The highest BCUT2D eigenvalue weighted by Crippen LogP contribution is 2.34. The van der Waals surface area contributed by atoms with Crippen LogP contribution < -0.4 is 39.4 Å².